The largest absolute Gasteiger partial charge is 0.497 e. The molecule has 4 saturated carbocycles. The van der Waals surface area contributed by atoms with Crippen LogP contribution in [0.5, 0.6) is 11.5 Å². The van der Waals surface area contributed by atoms with Crippen molar-refractivity contribution >= 4 is 29.8 Å². The molecule has 14 nitrogen and oxygen atoms in total. The highest BCUT2D eigenvalue weighted by molar-refractivity contribution is 5.79. The number of aliphatic carboxylic acids is 1. The molecule has 0 radical (unpaired) electrons. The van der Waals surface area contributed by atoms with Crippen LogP contribution in [0.2, 0.25) is 0 Å². The SMILES string of the molecule is CCCCCCCCCCCCCCCCCCN(CCCCCCCCCCCCCCCCCC)C(=O)CCC(C)C1CCC2C3CCC4CC(OC(=O)NCCCCCC(=O)N5CC(OC(=O)CCC(=O)O)CC5C(OCc5ccc(OC)cc5)(c5ccccc5)c5ccc(OC)cc5)CCC4(C)C3CCC12C. The molecular weight excluding hydrogens is 1380 g/mol. The summed E-state index contributed by atoms with van der Waals surface area (Å²) in [6, 6.07) is 24.5. The molecule has 14 heteroatoms. The normalized spacial score (nSPS) is 23.5. The first-order valence-corrected chi connectivity index (χ1v) is 46.0. The number of likely N-dealkylation sites (tertiary alicyclic amines) is 1. The number of carboxylic acid groups (broad SMARTS) is 1. The van der Waals surface area contributed by atoms with E-state index in [1.807, 2.05) is 78.9 Å². The number of carbonyl (C=O) groups is 5. The van der Waals surface area contributed by atoms with Crippen molar-refractivity contribution in [3.8, 4) is 11.5 Å². The Morgan fingerprint density at radius 1 is 0.523 bits per heavy atom. The van der Waals surface area contributed by atoms with E-state index >= 15 is 0 Å². The van der Waals surface area contributed by atoms with E-state index in [-0.39, 0.29) is 62.4 Å². The van der Waals surface area contributed by atoms with Crippen LogP contribution in [-0.4, -0.2) is 103 Å². The van der Waals surface area contributed by atoms with Crippen molar-refractivity contribution in [1.82, 2.24) is 15.1 Å². The third-order valence-corrected chi connectivity index (χ3v) is 28.0. The summed E-state index contributed by atoms with van der Waals surface area (Å²) in [4.78, 5) is 71.7. The van der Waals surface area contributed by atoms with Crippen molar-refractivity contribution in [2.45, 2.75) is 386 Å². The second-order valence-electron chi connectivity index (χ2n) is 35.7. The quantitative estimate of drug-likeness (QED) is 0.0407. The molecule has 3 aromatic carbocycles. The average Bonchev–Trinajstić information content (AvgIpc) is 1.40. The first-order chi connectivity index (χ1) is 54.1. The summed E-state index contributed by atoms with van der Waals surface area (Å²) in [7, 11) is 3.24. The highest BCUT2D eigenvalue weighted by Crippen LogP contribution is 2.68. The van der Waals surface area contributed by atoms with Crippen molar-refractivity contribution in [3.63, 3.8) is 0 Å². The molecule has 2 N–H and O–H groups in total. The van der Waals surface area contributed by atoms with Gasteiger partial charge in [-0.3, -0.25) is 19.2 Å². The molecule has 3 amide bonds. The number of amides is 3. The van der Waals surface area contributed by atoms with Gasteiger partial charge in [-0.2, -0.15) is 0 Å². The van der Waals surface area contributed by atoms with Gasteiger partial charge in [0.15, 0.2) is 0 Å². The molecule has 5 fully saturated rings. The van der Waals surface area contributed by atoms with Crippen molar-refractivity contribution in [2.75, 3.05) is 40.4 Å². The van der Waals surface area contributed by atoms with E-state index in [1.165, 1.54) is 231 Å². The molecule has 1 heterocycles. The number of esters is 1. The molecular formula is C97H155N3O11. The van der Waals surface area contributed by atoms with Gasteiger partial charge < -0.3 is 43.9 Å². The van der Waals surface area contributed by atoms with E-state index in [9.17, 15) is 29.1 Å². The maximum Gasteiger partial charge on any atom is 0.407 e. The van der Waals surface area contributed by atoms with E-state index in [1.54, 1.807) is 19.1 Å². The van der Waals surface area contributed by atoms with Crippen LogP contribution in [-0.2, 0) is 45.6 Å². The van der Waals surface area contributed by atoms with Crippen molar-refractivity contribution in [1.29, 1.82) is 0 Å². The van der Waals surface area contributed by atoms with Crippen LogP contribution >= 0.6 is 0 Å². The minimum Gasteiger partial charge on any atom is -0.497 e. The first-order valence-electron chi connectivity index (χ1n) is 46.0. The number of carbonyl (C=O) groups excluding carboxylic acids is 4. The zero-order valence-electron chi connectivity index (χ0n) is 71.0. The predicted octanol–water partition coefficient (Wildman–Crippen LogP) is 24.6. The van der Waals surface area contributed by atoms with Gasteiger partial charge in [-0.1, -0.05) is 288 Å². The topological polar surface area (TPSA) is 170 Å². The van der Waals surface area contributed by atoms with Crippen LogP contribution in [0.15, 0.2) is 78.9 Å². The number of carboxylic acids is 1. The average molecular weight is 1540 g/mol. The number of rotatable bonds is 57. The van der Waals surface area contributed by atoms with E-state index < -0.39 is 29.7 Å². The Morgan fingerprint density at radius 2 is 1.03 bits per heavy atom. The van der Waals surface area contributed by atoms with E-state index in [0.717, 1.165) is 80.1 Å². The summed E-state index contributed by atoms with van der Waals surface area (Å²) in [5.74, 6) is 3.91. The summed E-state index contributed by atoms with van der Waals surface area (Å²) < 4.78 is 30.6. The molecule has 1 aliphatic heterocycles. The predicted molar refractivity (Wildman–Crippen MR) is 451 cm³/mol. The summed E-state index contributed by atoms with van der Waals surface area (Å²) in [5, 5.41) is 12.5. The lowest BCUT2D eigenvalue weighted by atomic mass is 9.44. The van der Waals surface area contributed by atoms with Gasteiger partial charge in [0, 0.05) is 38.9 Å². The monoisotopic (exact) mass is 1540 g/mol. The number of nitrogens with one attached hydrogen (secondary N) is 1. The summed E-state index contributed by atoms with van der Waals surface area (Å²) in [5.41, 5.74) is 1.81. The zero-order valence-corrected chi connectivity index (χ0v) is 71.0. The Bertz CT molecular complexity index is 3050. The molecule has 0 spiro atoms. The maximum absolute atomic E-state index is 14.9. The zero-order chi connectivity index (χ0) is 79.0. The Morgan fingerprint density at radius 3 is 1.57 bits per heavy atom. The lowest BCUT2D eigenvalue weighted by Crippen LogP contribution is -2.54. The number of fused-ring (bicyclic) bond motifs is 5. The van der Waals surface area contributed by atoms with Gasteiger partial charge in [-0.15, -0.1) is 0 Å². The number of methoxy groups -OCH3 is 2. The second kappa shape index (κ2) is 50.0. The molecule has 0 aromatic heterocycles. The molecule has 5 aliphatic rings. The molecule has 624 valence electrons. The number of hydrogen-bond acceptors (Lipinski definition) is 10. The number of unbranched alkanes of at least 4 members (excludes halogenated alkanes) is 32. The fourth-order valence-corrected chi connectivity index (χ4v) is 21.4. The van der Waals surface area contributed by atoms with Gasteiger partial charge in [0.05, 0.1) is 46.3 Å². The lowest BCUT2D eigenvalue weighted by Gasteiger charge is -2.61. The first kappa shape index (κ1) is 90.9. The molecule has 111 heavy (non-hydrogen) atoms. The fourth-order valence-electron chi connectivity index (χ4n) is 21.4. The van der Waals surface area contributed by atoms with Crippen LogP contribution in [0.4, 0.5) is 4.79 Å². The van der Waals surface area contributed by atoms with E-state index in [4.69, 9.17) is 23.7 Å². The number of benzene rings is 3. The molecule has 4 aliphatic carbocycles. The highest BCUT2D eigenvalue weighted by Gasteiger charge is 2.61. The van der Waals surface area contributed by atoms with Gasteiger partial charge in [0.2, 0.25) is 11.8 Å². The van der Waals surface area contributed by atoms with Crippen LogP contribution in [0.3, 0.4) is 0 Å². The van der Waals surface area contributed by atoms with Crippen LogP contribution < -0.4 is 14.8 Å². The molecule has 8 rings (SSSR count). The van der Waals surface area contributed by atoms with Crippen LogP contribution in [0.1, 0.15) is 372 Å². The Balaban J connectivity index is 0.770. The van der Waals surface area contributed by atoms with Crippen molar-refractivity contribution < 1.29 is 52.8 Å². The van der Waals surface area contributed by atoms with E-state index in [2.05, 4.69) is 44.8 Å². The van der Waals surface area contributed by atoms with Crippen LogP contribution in [0.25, 0.3) is 0 Å². The lowest BCUT2D eigenvalue weighted by molar-refractivity contribution is -0.152. The number of alkyl carbamates (subject to hydrolysis) is 1. The van der Waals surface area contributed by atoms with Crippen molar-refractivity contribution in [3.05, 3.63) is 95.6 Å². The van der Waals surface area contributed by atoms with Gasteiger partial charge in [-0.25, -0.2) is 4.79 Å². The minimum atomic E-state index is -1.26. The third-order valence-electron chi connectivity index (χ3n) is 28.0. The Hall–Kier alpha value is -5.63. The van der Waals surface area contributed by atoms with Gasteiger partial charge in [0.25, 0.3) is 0 Å². The van der Waals surface area contributed by atoms with Crippen LogP contribution in [0, 0.1) is 46.3 Å². The third kappa shape index (κ3) is 28.7. The van der Waals surface area contributed by atoms with Crippen molar-refractivity contribution in [2.24, 2.45) is 46.3 Å². The Labute approximate surface area is 674 Å². The molecule has 12 unspecified atom stereocenters. The van der Waals surface area contributed by atoms with Gasteiger partial charge in [-0.05, 0) is 177 Å². The summed E-state index contributed by atoms with van der Waals surface area (Å²) >= 11 is 0. The smallest absolute Gasteiger partial charge is 0.407 e. The molecule has 3 aromatic rings. The molecule has 0 bridgehead atoms. The number of nitrogens with zero attached hydrogens (tertiary/aromatic N) is 2. The fraction of sp³-hybridized carbons (Fsp3) is 0.763. The summed E-state index contributed by atoms with van der Waals surface area (Å²) in [6.07, 6.45) is 56.7. The summed E-state index contributed by atoms with van der Waals surface area (Å²) in [6.45, 7) is 15.0. The number of ether oxygens (including phenoxy) is 5. The Kier molecular flexibility index (Phi) is 40.9. The van der Waals surface area contributed by atoms with Gasteiger partial charge in [0.1, 0.15) is 29.3 Å². The molecule has 12 atom stereocenters. The maximum atomic E-state index is 14.9. The van der Waals surface area contributed by atoms with Gasteiger partial charge >= 0.3 is 18.0 Å². The number of hydrogen-bond donors (Lipinski definition) is 2. The second-order valence-corrected chi connectivity index (χ2v) is 35.7. The minimum absolute atomic E-state index is 0.0981. The highest BCUT2D eigenvalue weighted by atomic mass is 16.6. The molecule has 1 saturated heterocycles. The standard InChI is InChI=1S/C97H155N3O11/c1-8-10-12-14-16-18-20-22-24-26-28-30-32-34-36-44-70-99(71-45-37-35-33-31-29-27-25-23-21-19-17-15-13-11-9-2)90(101)62-49-76(3)86-60-61-87-85-59-54-80-72-83(65-67-95(80,4)88(85)66-68-96(86,87)5)111-94(106)98-69-43-39-42-48-91(102)100-74-84(110-93(105)64-63-92(103)104)73-89(100)97(78-46-40-38-41-47-78,79-52-57-82(108-7)58-53-79)109-75-77-50-55-81(107-6)56-51-77/h38,40-41,46-47,50-53,55-58,76,80,83-89H,8-37,39,42-45,48-49,54,59-75H2,1-7H3,(H,98,106)(H,103,104). The van der Waals surface area contributed by atoms with E-state index in [0.29, 0.717) is 78.7 Å².